The second-order valence-corrected chi connectivity index (χ2v) is 8.58. The van der Waals surface area contributed by atoms with E-state index in [1.165, 1.54) is 6.07 Å². The normalized spacial score (nSPS) is 12.5. The van der Waals surface area contributed by atoms with E-state index in [0.717, 1.165) is 16.2 Å². The van der Waals surface area contributed by atoms with Crippen LogP contribution in [0.25, 0.3) is 0 Å². The topological polar surface area (TPSA) is 105 Å². The Morgan fingerprint density at radius 3 is 2.33 bits per heavy atom. The number of rotatable bonds is 6. The molecule has 0 saturated carbocycles. The summed E-state index contributed by atoms with van der Waals surface area (Å²) < 4.78 is 5.09. The second kappa shape index (κ2) is 9.43. The monoisotopic (exact) mass is 483 g/mol. The first-order chi connectivity index (χ1) is 15.9. The summed E-state index contributed by atoms with van der Waals surface area (Å²) in [7, 11) is 0. The number of fused-ring (bicyclic) bond motifs is 1. The van der Waals surface area contributed by atoms with Crippen molar-refractivity contribution in [3.05, 3.63) is 81.2 Å². The molecule has 2 N–H and O–H groups in total. The van der Waals surface area contributed by atoms with Gasteiger partial charge in [-0.25, -0.2) is 9.59 Å². The van der Waals surface area contributed by atoms with E-state index in [9.17, 15) is 19.2 Å². The third kappa shape index (κ3) is 4.74. The molecular weight excluding hydrogens is 466 g/mol. The molecule has 2 aromatic carbocycles. The Labute approximate surface area is 198 Å². The van der Waals surface area contributed by atoms with E-state index in [-0.39, 0.29) is 23.7 Å². The minimum absolute atomic E-state index is 0.0407. The molecule has 0 unspecified atom stereocenters. The quantitative estimate of drug-likeness (QED) is 0.378. The van der Waals surface area contributed by atoms with E-state index in [2.05, 4.69) is 10.6 Å². The number of imide groups is 1. The van der Waals surface area contributed by atoms with Crippen LogP contribution in [0.1, 0.15) is 42.9 Å². The number of hydrogen-bond acceptors (Lipinski definition) is 6. The van der Waals surface area contributed by atoms with Gasteiger partial charge in [-0.1, -0.05) is 29.8 Å². The minimum atomic E-state index is -0.625. The van der Waals surface area contributed by atoms with Crippen LogP contribution in [0.15, 0.2) is 54.6 Å². The largest absolute Gasteiger partial charge is 0.462 e. The molecule has 0 radical (unpaired) electrons. The van der Waals surface area contributed by atoms with Crippen molar-refractivity contribution in [3.8, 4) is 0 Å². The maximum atomic E-state index is 12.7. The standard InChI is InChI=1S/C23H18ClN3O5S/c1-2-32-22(30)18-11-15(12-27-20(28)16-8-3-4-9-17(16)21(27)29)33-19(18)26-23(31)25-14-7-5-6-13(24)10-14/h3-11H,2,12H2,1H3,(H2,25,26,31). The zero-order valence-electron chi connectivity index (χ0n) is 17.4. The number of esters is 1. The van der Waals surface area contributed by atoms with Crippen molar-refractivity contribution in [3.63, 3.8) is 0 Å². The highest BCUT2D eigenvalue weighted by Crippen LogP contribution is 2.32. The van der Waals surface area contributed by atoms with Gasteiger partial charge in [0.15, 0.2) is 0 Å². The third-order valence-corrected chi connectivity index (χ3v) is 6.05. The van der Waals surface area contributed by atoms with Gasteiger partial charge in [0.1, 0.15) is 5.00 Å². The number of halogens is 1. The highest BCUT2D eigenvalue weighted by molar-refractivity contribution is 7.16. The number of thiophene rings is 1. The first-order valence-corrected chi connectivity index (χ1v) is 11.2. The summed E-state index contributed by atoms with van der Waals surface area (Å²) in [5, 5.41) is 5.97. The van der Waals surface area contributed by atoms with Crippen LogP contribution in [-0.2, 0) is 11.3 Å². The molecule has 0 fully saturated rings. The average Bonchev–Trinajstić information content (AvgIpc) is 3.28. The number of nitrogens with one attached hydrogen (secondary N) is 2. The summed E-state index contributed by atoms with van der Waals surface area (Å²) in [6.07, 6.45) is 0. The maximum Gasteiger partial charge on any atom is 0.341 e. The van der Waals surface area contributed by atoms with Crippen molar-refractivity contribution in [2.45, 2.75) is 13.5 Å². The van der Waals surface area contributed by atoms with Crippen molar-refractivity contribution in [1.82, 2.24) is 4.90 Å². The zero-order chi connectivity index (χ0) is 23.5. The summed E-state index contributed by atoms with van der Waals surface area (Å²) in [6, 6.07) is 14.1. The molecule has 168 valence electrons. The van der Waals surface area contributed by atoms with E-state index in [1.807, 2.05) is 0 Å². The number of anilines is 2. The summed E-state index contributed by atoms with van der Waals surface area (Å²) in [4.78, 5) is 52.0. The molecule has 4 rings (SSSR count). The summed E-state index contributed by atoms with van der Waals surface area (Å²) in [5.74, 6) is -1.44. The van der Waals surface area contributed by atoms with Crippen molar-refractivity contribution in [1.29, 1.82) is 0 Å². The molecule has 0 atom stereocenters. The highest BCUT2D eigenvalue weighted by Gasteiger charge is 2.35. The number of carbonyl (C=O) groups is 4. The van der Waals surface area contributed by atoms with Crippen LogP contribution in [0.4, 0.5) is 15.5 Å². The first kappa shape index (κ1) is 22.5. The molecule has 1 aromatic heterocycles. The second-order valence-electron chi connectivity index (χ2n) is 7.01. The Morgan fingerprint density at radius 2 is 1.70 bits per heavy atom. The van der Waals surface area contributed by atoms with Gasteiger partial charge in [0, 0.05) is 15.6 Å². The van der Waals surface area contributed by atoms with Crippen LogP contribution in [0, 0.1) is 0 Å². The molecule has 3 aromatic rings. The summed E-state index contributed by atoms with van der Waals surface area (Å²) in [5.41, 5.74) is 1.28. The number of benzene rings is 2. The van der Waals surface area contributed by atoms with E-state index in [0.29, 0.717) is 26.7 Å². The van der Waals surface area contributed by atoms with Crippen LogP contribution in [0.3, 0.4) is 0 Å². The molecule has 10 heteroatoms. The number of hydrogen-bond donors (Lipinski definition) is 2. The fraction of sp³-hybridized carbons (Fsp3) is 0.130. The van der Waals surface area contributed by atoms with Crippen molar-refractivity contribution in [2.75, 3.05) is 17.2 Å². The van der Waals surface area contributed by atoms with Gasteiger partial charge < -0.3 is 10.1 Å². The number of carbonyl (C=O) groups excluding carboxylic acids is 4. The number of nitrogens with zero attached hydrogens (tertiary/aromatic N) is 1. The van der Waals surface area contributed by atoms with Crippen LogP contribution in [0.5, 0.6) is 0 Å². The molecule has 0 saturated heterocycles. The lowest BCUT2D eigenvalue weighted by molar-refractivity contribution is 0.0527. The Bertz CT molecular complexity index is 1240. The molecule has 0 bridgehead atoms. The number of urea groups is 1. The first-order valence-electron chi connectivity index (χ1n) is 9.96. The smallest absolute Gasteiger partial charge is 0.341 e. The predicted molar refractivity (Wildman–Crippen MR) is 125 cm³/mol. The SMILES string of the molecule is CCOC(=O)c1cc(CN2C(=O)c3ccccc3C2=O)sc1NC(=O)Nc1cccc(Cl)c1. The molecule has 4 amide bonds. The van der Waals surface area contributed by atoms with Gasteiger partial charge in [0.25, 0.3) is 11.8 Å². The Hall–Kier alpha value is -3.69. The van der Waals surface area contributed by atoms with Crippen LogP contribution < -0.4 is 10.6 Å². The van der Waals surface area contributed by atoms with E-state index in [1.54, 1.807) is 55.5 Å². The zero-order valence-corrected chi connectivity index (χ0v) is 19.0. The van der Waals surface area contributed by atoms with Crippen LogP contribution >= 0.6 is 22.9 Å². The molecule has 33 heavy (non-hydrogen) atoms. The van der Waals surface area contributed by atoms with Crippen molar-refractivity contribution >= 4 is 57.4 Å². The fourth-order valence-corrected chi connectivity index (χ4v) is 4.56. The van der Waals surface area contributed by atoms with Crippen LogP contribution in [-0.4, -0.2) is 35.3 Å². The van der Waals surface area contributed by atoms with Gasteiger partial charge in [0.2, 0.25) is 0 Å². The summed E-state index contributed by atoms with van der Waals surface area (Å²) >= 11 is 7.02. The molecule has 1 aliphatic rings. The number of ether oxygens (including phenoxy) is 1. The van der Waals surface area contributed by atoms with E-state index in [4.69, 9.17) is 16.3 Å². The van der Waals surface area contributed by atoms with E-state index < -0.39 is 23.8 Å². The Morgan fingerprint density at radius 1 is 1.00 bits per heavy atom. The van der Waals surface area contributed by atoms with Gasteiger partial charge in [-0.05, 0) is 43.3 Å². The lowest BCUT2D eigenvalue weighted by atomic mass is 10.1. The number of amides is 4. The van der Waals surface area contributed by atoms with Gasteiger partial charge in [-0.3, -0.25) is 19.8 Å². The van der Waals surface area contributed by atoms with Gasteiger partial charge >= 0.3 is 12.0 Å². The van der Waals surface area contributed by atoms with Gasteiger partial charge in [0.05, 0.1) is 29.8 Å². The fourth-order valence-electron chi connectivity index (χ4n) is 3.34. The van der Waals surface area contributed by atoms with Crippen molar-refractivity contribution < 1.29 is 23.9 Å². The molecule has 8 nitrogen and oxygen atoms in total. The lowest BCUT2D eigenvalue weighted by Crippen LogP contribution is -2.28. The average molecular weight is 484 g/mol. The van der Waals surface area contributed by atoms with E-state index >= 15 is 0 Å². The maximum absolute atomic E-state index is 12.7. The van der Waals surface area contributed by atoms with Gasteiger partial charge in [-0.2, -0.15) is 0 Å². The highest BCUT2D eigenvalue weighted by atomic mass is 35.5. The van der Waals surface area contributed by atoms with Crippen molar-refractivity contribution in [2.24, 2.45) is 0 Å². The summed E-state index contributed by atoms with van der Waals surface area (Å²) in [6.45, 7) is 1.78. The third-order valence-electron chi connectivity index (χ3n) is 4.78. The van der Waals surface area contributed by atoms with Gasteiger partial charge in [-0.15, -0.1) is 11.3 Å². The molecule has 0 spiro atoms. The molecule has 0 aliphatic carbocycles. The molecular formula is C23H18ClN3O5S. The predicted octanol–water partition coefficient (Wildman–Crippen LogP) is 5.02. The van der Waals surface area contributed by atoms with Crippen LogP contribution in [0.2, 0.25) is 5.02 Å². The molecule has 2 heterocycles. The Kier molecular flexibility index (Phi) is 6.43. The lowest BCUT2D eigenvalue weighted by Gasteiger charge is -2.12. The molecule has 1 aliphatic heterocycles. The Balaban J connectivity index is 1.56. The minimum Gasteiger partial charge on any atom is -0.462 e.